The van der Waals surface area contributed by atoms with E-state index in [4.69, 9.17) is 10.3 Å². The van der Waals surface area contributed by atoms with Gasteiger partial charge in [-0.1, -0.05) is 32.1 Å². The lowest BCUT2D eigenvalue weighted by Gasteiger charge is -2.27. The summed E-state index contributed by atoms with van der Waals surface area (Å²) in [5.41, 5.74) is 2.72. The Balaban J connectivity index is 1.60. The summed E-state index contributed by atoms with van der Waals surface area (Å²) < 4.78 is 5.57. The fourth-order valence-electron chi connectivity index (χ4n) is 3.10. The molecule has 0 spiro atoms. The minimum Gasteiger partial charge on any atom is -0.422 e. The Morgan fingerprint density at radius 3 is 2.60 bits per heavy atom. The van der Waals surface area contributed by atoms with Gasteiger partial charge in [0.05, 0.1) is 6.04 Å². The fourth-order valence-corrected chi connectivity index (χ4v) is 3.10. The molecular formula is C14H24N4O2. The predicted octanol–water partition coefficient (Wildman–Crippen LogP) is 1.78. The van der Waals surface area contributed by atoms with Gasteiger partial charge >= 0.3 is 0 Å². The molecule has 2 aliphatic carbocycles. The number of hydrazine groups is 1. The standard InChI is InChI=1S/C14H24N4O2/c15-16-11(8-9-4-2-1-3-5-9)12(19)14-18-17-13(20-14)10-6-7-10/h9-12,16,19H,1-8,15H2/t11-,12?/m0/s1. The molecule has 0 radical (unpaired) electrons. The summed E-state index contributed by atoms with van der Waals surface area (Å²) in [7, 11) is 0. The third-order valence-corrected chi connectivity index (χ3v) is 4.54. The Bertz CT molecular complexity index is 427. The minimum absolute atomic E-state index is 0.217. The molecular weight excluding hydrogens is 256 g/mol. The summed E-state index contributed by atoms with van der Waals surface area (Å²) >= 11 is 0. The zero-order chi connectivity index (χ0) is 13.9. The van der Waals surface area contributed by atoms with Crippen molar-refractivity contribution < 1.29 is 9.52 Å². The molecule has 0 bridgehead atoms. The van der Waals surface area contributed by atoms with Crippen molar-refractivity contribution in [3.8, 4) is 0 Å². The van der Waals surface area contributed by atoms with Gasteiger partial charge in [-0.2, -0.15) is 0 Å². The van der Waals surface area contributed by atoms with Crippen LogP contribution in [0.1, 0.15) is 75.2 Å². The van der Waals surface area contributed by atoms with E-state index in [2.05, 4.69) is 15.6 Å². The zero-order valence-electron chi connectivity index (χ0n) is 11.8. The lowest BCUT2D eigenvalue weighted by Crippen LogP contribution is -2.41. The Kier molecular flexibility index (Phi) is 4.33. The molecule has 6 nitrogen and oxygen atoms in total. The molecule has 112 valence electrons. The fraction of sp³-hybridized carbons (Fsp3) is 0.857. The molecule has 1 aromatic heterocycles. The molecule has 6 heteroatoms. The number of hydrogen-bond donors (Lipinski definition) is 3. The smallest absolute Gasteiger partial charge is 0.246 e. The minimum atomic E-state index is -0.818. The second kappa shape index (κ2) is 6.20. The van der Waals surface area contributed by atoms with Crippen LogP contribution < -0.4 is 11.3 Å². The van der Waals surface area contributed by atoms with Crippen LogP contribution in [0, 0.1) is 5.92 Å². The first kappa shape index (κ1) is 14.0. The van der Waals surface area contributed by atoms with Gasteiger partial charge in [-0.25, -0.2) is 0 Å². The summed E-state index contributed by atoms with van der Waals surface area (Å²) in [6, 6.07) is -0.217. The van der Waals surface area contributed by atoms with E-state index in [0.29, 0.717) is 23.6 Å². The van der Waals surface area contributed by atoms with Crippen molar-refractivity contribution in [1.82, 2.24) is 15.6 Å². The van der Waals surface area contributed by atoms with Gasteiger partial charge < -0.3 is 9.52 Å². The largest absolute Gasteiger partial charge is 0.422 e. The molecule has 3 rings (SSSR count). The predicted molar refractivity (Wildman–Crippen MR) is 73.5 cm³/mol. The molecule has 0 aliphatic heterocycles. The van der Waals surface area contributed by atoms with E-state index in [-0.39, 0.29) is 6.04 Å². The van der Waals surface area contributed by atoms with E-state index in [9.17, 15) is 5.11 Å². The highest BCUT2D eigenvalue weighted by atomic mass is 16.4. The van der Waals surface area contributed by atoms with Crippen LogP contribution in [0.4, 0.5) is 0 Å². The third-order valence-electron chi connectivity index (χ3n) is 4.54. The Morgan fingerprint density at radius 1 is 1.20 bits per heavy atom. The van der Waals surface area contributed by atoms with Crippen molar-refractivity contribution in [1.29, 1.82) is 0 Å². The van der Waals surface area contributed by atoms with Crippen molar-refractivity contribution >= 4 is 0 Å². The highest BCUT2D eigenvalue weighted by Gasteiger charge is 2.33. The molecule has 1 aromatic rings. The number of hydrogen-bond acceptors (Lipinski definition) is 6. The van der Waals surface area contributed by atoms with Crippen LogP contribution in [0.25, 0.3) is 0 Å². The van der Waals surface area contributed by atoms with Gasteiger partial charge in [0, 0.05) is 5.92 Å². The van der Waals surface area contributed by atoms with Gasteiger partial charge in [-0.3, -0.25) is 11.3 Å². The maximum Gasteiger partial charge on any atom is 0.246 e. The number of aromatic nitrogens is 2. The molecule has 2 atom stereocenters. The Hall–Kier alpha value is -0.980. The van der Waals surface area contributed by atoms with E-state index in [1.54, 1.807) is 0 Å². The van der Waals surface area contributed by atoms with E-state index in [1.807, 2.05) is 0 Å². The number of rotatable bonds is 6. The van der Waals surface area contributed by atoms with Crippen LogP contribution in [-0.4, -0.2) is 21.3 Å². The summed E-state index contributed by atoms with van der Waals surface area (Å²) in [6.07, 6.45) is 8.60. The molecule has 2 saturated carbocycles. The second-order valence-electron chi connectivity index (χ2n) is 6.21. The first-order valence-corrected chi connectivity index (χ1v) is 7.75. The van der Waals surface area contributed by atoms with Crippen LogP contribution in [0.5, 0.6) is 0 Å². The molecule has 0 aromatic carbocycles. The molecule has 20 heavy (non-hydrogen) atoms. The summed E-state index contributed by atoms with van der Waals surface area (Å²) in [5, 5.41) is 18.4. The molecule has 2 aliphatic rings. The van der Waals surface area contributed by atoms with E-state index >= 15 is 0 Å². The average Bonchev–Trinajstić information content (AvgIpc) is 3.22. The van der Waals surface area contributed by atoms with Crippen LogP contribution in [0.2, 0.25) is 0 Å². The maximum atomic E-state index is 10.4. The van der Waals surface area contributed by atoms with Crippen LogP contribution in [0.3, 0.4) is 0 Å². The van der Waals surface area contributed by atoms with Gasteiger partial charge in [0.15, 0.2) is 0 Å². The van der Waals surface area contributed by atoms with Gasteiger partial charge in [0.25, 0.3) is 0 Å². The number of nitrogens with one attached hydrogen (secondary N) is 1. The average molecular weight is 280 g/mol. The molecule has 0 amide bonds. The number of nitrogens with zero attached hydrogens (tertiary/aromatic N) is 2. The van der Waals surface area contributed by atoms with Gasteiger partial charge in [0.1, 0.15) is 6.10 Å². The molecule has 4 N–H and O–H groups in total. The van der Waals surface area contributed by atoms with Crippen molar-refractivity contribution in [3.63, 3.8) is 0 Å². The van der Waals surface area contributed by atoms with Crippen molar-refractivity contribution in [3.05, 3.63) is 11.8 Å². The lowest BCUT2D eigenvalue weighted by molar-refractivity contribution is 0.0827. The van der Waals surface area contributed by atoms with Crippen molar-refractivity contribution in [2.24, 2.45) is 11.8 Å². The SMILES string of the molecule is NN[C@@H](CC1CCCCC1)C(O)c1nnc(C2CC2)o1. The van der Waals surface area contributed by atoms with Gasteiger partial charge in [0.2, 0.25) is 11.8 Å². The Morgan fingerprint density at radius 2 is 1.95 bits per heavy atom. The quantitative estimate of drug-likeness (QED) is 0.543. The number of nitrogens with two attached hydrogens (primary N) is 1. The summed E-state index contributed by atoms with van der Waals surface area (Å²) in [4.78, 5) is 0. The van der Waals surface area contributed by atoms with E-state index in [1.165, 1.54) is 32.1 Å². The molecule has 1 heterocycles. The summed E-state index contributed by atoms with van der Waals surface area (Å²) in [5.74, 6) is 7.60. The second-order valence-corrected chi connectivity index (χ2v) is 6.21. The normalized spacial score (nSPS) is 23.7. The third kappa shape index (κ3) is 3.19. The highest BCUT2D eigenvalue weighted by molar-refractivity contribution is 5.02. The Labute approximate surface area is 119 Å². The van der Waals surface area contributed by atoms with Gasteiger partial charge in [-0.15, -0.1) is 10.2 Å². The zero-order valence-corrected chi connectivity index (χ0v) is 11.8. The molecule has 1 unspecified atom stereocenters. The first-order chi connectivity index (χ1) is 9.78. The number of aliphatic hydroxyl groups is 1. The monoisotopic (exact) mass is 280 g/mol. The van der Waals surface area contributed by atoms with Crippen molar-refractivity contribution in [2.45, 2.75) is 69.4 Å². The summed E-state index contributed by atoms with van der Waals surface area (Å²) in [6.45, 7) is 0. The van der Waals surface area contributed by atoms with Crippen LogP contribution >= 0.6 is 0 Å². The van der Waals surface area contributed by atoms with E-state index < -0.39 is 6.10 Å². The lowest BCUT2D eigenvalue weighted by atomic mass is 9.84. The van der Waals surface area contributed by atoms with Crippen LogP contribution in [-0.2, 0) is 0 Å². The van der Waals surface area contributed by atoms with Gasteiger partial charge in [-0.05, 0) is 25.2 Å². The molecule has 2 fully saturated rings. The first-order valence-electron chi connectivity index (χ1n) is 7.75. The number of aliphatic hydroxyl groups excluding tert-OH is 1. The van der Waals surface area contributed by atoms with Crippen molar-refractivity contribution in [2.75, 3.05) is 0 Å². The maximum absolute atomic E-state index is 10.4. The van der Waals surface area contributed by atoms with E-state index in [0.717, 1.165) is 19.3 Å². The highest BCUT2D eigenvalue weighted by Crippen LogP contribution is 2.39. The molecule has 0 saturated heterocycles. The topological polar surface area (TPSA) is 97.2 Å². The van der Waals surface area contributed by atoms with Crippen LogP contribution in [0.15, 0.2) is 4.42 Å².